The van der Waals surface area contributed by atoms with Gasteiger partial charge in [-0.1, -0.05) is 31.2 Å². The number of hydrogen-bond acceptors (Lipinski definition) is 5. The Balaban J connectivity index is 1.94. The van der Waals surface area contributed by atoms with Gasteiger partial charge in [-0.15, -0.1) is 0 Å². The van der Waals surface area contributed by atoms with Crippen LogP contribution in [-0.2, 0) is 16.9 Å². The fraction of sp³-hybridized carbons (Fsp3) is 0.217. The van der Waals surface area contributed by atoms with Crippen LogP contribution in [0.5, 0.6) is 0 Å². The summed E-state index contributed by atoms with van der Waals surface area (Å²) in [6, 6.07) is 15.5. The highest BCUT2D eigenvalue weighted by Gasteiger charge is 2.50. The second-order valence-corrected chi connectivity index (χ2v) is 7.29. The van der Waals surface area contributed by atoms with Crippen LogP contribution in [0.4, 0.5) is 0 Å². The topological polar surface area (TPSA) is 100 Å². The lowest BCUT2D eigenvalue weighted by Crippen LogP contribution is -2.41. The van der Waals surface area contributed by atoms with E-state index in [2.05, 4.69) is 16.0 Å². The molecule has 1 aliphatic rings. The van der Waals surface area contributed by atoms with Crippen LogP contribution in [0.15, 0.2) is 66.0 Å². The molecule has 2 aromatic heterocycles. The fourth-order valence-electron chi connectivity index (χ4n) is 3.87. The fourth-order valence-corrected chi connectivity index (χ4v) is 3.87. The van der Waals surface area contributed by atoms with Crippen molar-refractivity contribution in [3.05, 3.63) is 77.9 Å². The number of nitrogens with zero attached hydrogens (tertiary/aromatic N) is 5. The van der Waals surface area contributed by atoms with Crippen molar-refractivity contribution in [2.45, 2.75) is 25.4 Å². The van der Waals surface area contributed by atoms with E-state index in [9.17, 15) is 10.1 Å². The third-order valence-corrected chi connectivity index (χ3v) is 5.41. The number of carbonyl (C=O) groups is 1. The summed E-state index contributed by atoms with van der Waals surface area (Å²) >= 11 is 0. The molecule has 7 heteroatoms. The predicted molar refractivity (Wildman–Crippen MR) is 114 cm³/mol. The number of amides is 1. The van der Waals surface area contributed by atoms with Gasteiger partial charge in [0.05, 0.1) is 0 Å². The second kappa shape index (κ2) is 7.48. The molecule has 1 unspecified atom stereocenters. The second-order valence-electron chi connectivity index (χ2n) is 7.29. The summed E-state index contributed by atoms with van der Waals surface area (Å²) in [6.07, 6.45) is 6.20. The average Bonchev–Trinajstić information content (AvgIpc) is 3.29. The first-order valence-electron chi connectivity index (χ1n) is 9.76. The van der Waals surface area contributed by atoms with E-state index < -0.39 is 5.54 Å². The van der Waals surface area contributed by atoms with Gasteiger partial charge in [0, 0.05) is 37.7 Å². The Labute approximate surface area is 175 Å². The molecule has 4 rings (SSSR count). The van der Waals surface area contributed by atoms with Gasteiger partial charge in [0.2, 0.25) is 0 Å². The number of carbonyl (C=O) groups excluding carboxylic acids is 1. The first kappa shape index (κ1) is 19.4. The van der Waals surface area contributed by atoms with Crippen molar-refractivity contribution in [2.24, 2.45) is 10.7 Å². The Bertz CT molecular complexity index is 1170. The molecular formula is C23H22N6O. The zero-order chi connectivity index (χ0) is 21.3. The molecule has 150 valence electrons. The molecule has 0 spiro atoms. The van der Waals surface area contributed by atoms with E-state index in [1.165, 1.54) is 4.90 Å². The minimum atomic E-state index is -1.33. The number of aromatic nitrogens is 2. The highest BCUT2D eigenvalue weighted by molar-refractivity contribution is 6.09. The molecule has 7 nitrogen and oxygen atoms in total. The molecule has 0 radical (unpaired) electrons. The van der Waals surface area contributed by atoms with Crippen LogP contribution in [0.3, 0.4) is 0 Å². The van der Waals surface area contributed by atoms with E-state index in [0.717, 1.165) is 17.5 Å². The van der Waals surface area contributed by atoms with Crippen molar-refractivity contribution >= 4 is 11.9 Å². The van der Waals surface area contributed by atoms with Crippen molar-refractivity contribution in [2.75, 3.05) is 7.05 Å². The monoisotopic (exact) mass is 398 g/mol. The van der Waals surface area contributed by atoms with Crippen LogP contribution in [0, 0.1) is 11.3 Å². The molecule has 3 aromatic rings. The number of likely N-dealkylation sites (N-methyl/N-ethyl adjacent to an activating group) is 1. The van der Waals surface area contributed by atoms with Gasteiger partial charge in [-0.25, -0.2) is 4.99 Å². The van der Waals surface area contributed by atoms with Gasteiger partial charge in [-0.05, 0) is 41.3 Å². The number of pyridine rings is 1. The normalized spacial score (nSPS) is 18.4. The van der Waals surface area contributed by atoms with E-state index in [1.54, 1.807) is 25.5 Å². The van der Waals surface area contributed by atoms with Gasteiger partial charge >= 0.3 is 0 Å². The zero-order valence-electron chi connectivity index (χ0n) is 16.9. The minimum Gasteiger partial charge on any atom is -0.369 e. The van der Waals surface area contributed by atoms with Gasteiger partial charge in [-0.3, -0.25) is 14.7 Å². The number of nitriles is 1. The highest BCUT2D eigenvalue weighted by Crippen LogP contribution is 2.41. The Morgan fingerprint density at radius 1 is 1.17 bits per heavy atom. The predicted octanol–water partition coefficient (Wildman–Crippen LogP) is 2.86. The van der Waals surface area contributed by atoms with Crippen molar-refractivity contribution in [3.8, 4) is 17.2 Å². The van der Waals surface area contributed by atoms with Crippen molar-refractivity contribution in [1.82, 2.24) is 14.5 Å². The van der Waals surface area contributed by atoms with Crippen LogP contribution in [0.25, 0.3) is 11.1 Å². The number of hydrogen-bond donors (Lipinski definition) is 1. The van der Waals surface area contributed by atoms with Gasteiger partial charge < -0.3 is 10.3 Å². The van der Waals surface area contributed by atoms with Gasteiger partial charge in [-0.2, -0.15) is 5.26 Å². The van der Waals surface area contributed by atoms with E-state index in [1.807, 2.05) is 54.1 Å². The Morgan fingerprint density at radius 2 is 1.97 bits per heavy atom. The van der Waals surface area contributed by atoms with Crippen LogP contribution < -0.4 is 5.73 Å². The summed E-state index contributed by atoms with van der Waals surface area (Å²) in [7, 11) is 1.61. The van der Waals surface area contributed by atoms with Crippen molar-refractivity contribution < 1.29 is 4.79 Å². The molecule has 30 heavy (non-hydrogen) atoms. The summed E-state index contributed by atoms with van der Waals surface area (Å²) < 4.78 is 1.86. The summed E-state index contributed by atoms with van der Waals surface area (Å²) in [5, 5.41) is 9.58. The average molecular weight is 398 g/mol. The van der Waals surface area contributed by atoms with Crippen LogP contribution in [0.2, 0.25) is 0 Å². The molecule has 0 bridgehead atoms. The molecule has 0 saturated carbocycles. The largest absolute Gasteiger partial charge is 0.369 e. The smallest absolute Gasteiger partial charge is 0.266 e. The SMILES string of the molecule is CCCn1cc(C2(c3cccc(-c4cccnc4)c3)N=C(N)N(C)C2=O)cc1C#N. The molecule has 2 N–H and O–H groups in total. The number of aliphatic imine (C=N–C) groups is 1. The van der Waals surface area contributed by atoms with Crippen LogP contribution >= 0.6 is 0 Å². The maximum absolute atomic E-state index is 13.5. The first-order chi connectivity index (χ1) is 14.5. The van der Waals surface area contributed by atoms with E-state index in [-0.39, 0.29) is 11.9 Å². The lowest BCUT2D eigenvalue weighted by Gasteiger charge is -2.25. The number of guanidine groups is 1. The third kappa shape index (κ3) is 2.94. The summed E-state index contributed by atoms with van der Waals surface area (Å²) in [5.41, 5.74) is 8.42. The number of aryl methyl sites for hydroxylation is 1. The Kier molecular flexibility index (Phi) is 4.84. The van der Waals surface area contributed by atoms with Crippen molar-refractivity contribution in [1.29, 1.82) is 5.26 Å². The molecule has 0 aliphatic carbocycles. The quantitative estimate of drug-likeness (QED) is 0.714. The number of benzene rings is 1. The van der Waals surface area contributed by atoms with Crippen LogP contribution in [-0.4, -0.2) is 33.4 Å². The molecule has 3 heterocycles. The molecule has 0 saturated heterocycles. The molecule has 0 fully saturated rings. The third-order valence-electron chi connectivity index (χ3n) is 5.41. The van der Waals surface area contributed by atoms with E-state index in [4.69, 9.17) is 5.73 Å². The highest BCUT2D eigenvalue weighted by atomic mass is 16.2. The van der Waals surface area contributed by atoms with E-state index in [0.29, 0.717) is 23.4 Å². The maximum atomic E-state index is 13.5. The lowest BCUT2D eigenvalue weighted by molar-refractivity contribution is -0.129. The Hall–Kier alpha value is -3.92. The standard InChI is InChI=1S/C23H22N6O/c1-3-10-29-15-19(12-20(29)13-24)23(21(30)28(2)22(25)27-23)18-8-4-6-16(11-18)17-7-5-9-26-14-17/h4-9,11-12,14-15H,3,10H2,1-2H3,(H2,25,27). The van der Waals surface area contributed by atoms with Gasteiger partial charge in [0.25, 0.3) is 5.91 Å². The van der Waals surface area contributed by atoms with Crippen molar-refractivity contribution in [3.63, 3.8) is 0 Å². The maximum Gasteiger partial charge on any atom is 0.266 e. The summed E-state index contributed by atoms with van der Waals surface area (Å²) in [4.78, 5) is 23.7. The summed E-state index contributed by atoms with van der Waals surface area (Å²) in [5.74, 6) is -0.102. The Morgan fingerprint density at radius 3 is 2.60 bits per heavy atom. The molecule has 1 aliphatic heterocycles. The number of rotatable bonds is 5. The number of nitrogens with two attached hydrogens (primary N) is 1. The van der Waals surface area contributed by atoms with Gasteiger partial charge in [0.15, 0.2) is 11.5 Å². The lowest BCUT2D eigenvalue weighted by atomic mass is 9.83. The molecular weight excluding hydrogens is 376 g/mol. The molecule has 1 amide bonds. The molecule has 1 aromatic carbocycles. The summed E-state index contributed by atoms with van der Waals surface area (Å²) in [6.45, 7) is 2.72. The zero-order valence-corrected chi connectivity index (χ0v) is 16.9. The first-order valence-corrected chi connectivity index (χ1v) is 9.76. The molecule has 1 atom stereocenters. The minimum absolute atomic E-state index is 0.147. The van der Waals surface area contributed by atoms with E-state index >= 15 is 0 Å². The van der Waals surface area contributed by atoms with Gasteiger partial charge in [0.1, 0.15) is 11.8 Å². The van der Waals surface area contributed by atoms with Crippen LogP contribution in [0.1, 0.15) is 30.2 Å².